The van der Waals surface area contributed by atoms with Crippen LogP contribution in [0, 0.1) is 0 Å². The van der Waals surface area contributed by atoms with Crippen LogP contribution >= 0.6 is 0 Å². The van der Waals surface area contributed by atoms with Gasteiger partial charge in [0.25, 0.3) is 5.91 Å². The van der Waals surface area contributed by atoms with E-state index in [1.807, 2.05) is 67.6 Å². The van der Waals surface area contributed by atoms with Crippen LogP contribution in [0.2, 0.25) is 0 Å². The Morgan fingerprint density at radius 2 is 1.61 bits per heavy atom. The van der Waals surface area contributed by atoms with Crippen LogP contribution in [0.25, 0.3) is 6.08 Å². The molecular weight excluding hydrogens is 292 g/mol. The number of imide groups is 1. The van der Waals surface area contributed by atoms with Crippen molar-refractivity contribution in [3.8, 4) is 0 Å². The molecule has 1 heterocycles. The van der Waals surface area contributed by atoms with Gasteiger partial charge in [-0.15, -0.1) is 0 Å². The van der Waals surface area contributed by atoms with Gasteiger partial charge >= 0.3 is 6.03 Å². The minimum Gasteiger partial charge on any atom is -0.270 e. The molecule has 0 saturated carbocycles. The second-order valence-electron chi connectivity index (χ2n) is 5.15. The molecule has 0 aromatic heterocycles. The van der Waals surface area contributed by atoms with Crippen molar-refractivity contribution in [3.63, 3.8) is 0 Å². The van der Waals surface area contributed by atoms with Gasteiger partial charge in [0, 0.05) is 0 Å². The van der Waals surface area contributed by atoms with E-state index >= 15 is 0 Å². The third kappa shape index (κ3) is 3.30. The lowest BCUT2D eigenvalue weighted by Crippen LogP contribution is -2.29. The number of rotatable bonds is 4. The van der Waals surface area contributed by atoms with E-state index in [4.69, 9.17) is 4.84 Å². The summed E-state index contributed by atoms with van der Waals surface area (Å²) in [7, 11) is 0. The predicted molar refractivity (Wildman–Crippen MR) is 85.7 cm³/mol. The Morgan fingerprint density at radius 3 is 2.26 bits per heavy atom. The molecule has 2 aromatic carbocycles. The van der Waals surface area contributed by atoms with Crippen molar-refractivity contribution in [1.29, 1.82) is 0 Å². The second kappa shape index (κ2) is 6.46. The SMILES string of the molecule is CC(ON1C(=O)NC(=O)C1=Cc1ccccc1)c1ccccc1. The average Bonchev–Trinajstić information content (AvgIpc) is 2.83. The maximum Gasteiger partial charge on any atom is 0.353 e. The fourth-order valence-electron chi connectivity index (χ4n) is 2.29. The predicted octanol–water partition coefficient (Wildman–Crippen LogP) is 3.27. The fourth-order valence-corrected chi connectivity index (χ4v) is 2.29. The molecule has 0 aliphatic carbocycles. The maximum absolute atomic E-state index is 12.0. The molecule has 3 amide bonds. The van der Waals surface area contributed by atoms with Crippen molar-refractivity contribution in [2.75, 3.05) is 0 Å². The highest BCUT2D eigenvalue weighted by atomic mass is 16.7. The number of nitrogens with zero attached hydrogens (tertiary/aromatic N) is 1. The van der Waals surface area contributed by atoms with Crippen molar-refractivity contribution < 1.29 is 14.4 Å². The van der Waals surface area contributed by atoms with Crippen molar-refractivity contribution in [3.05, 3.63) is 77.5 Å². The molecular formula is C18H16N2O3. The number of carbonyl (C=O) groups is 2. The van der Waals surface area contributed by atoms with Crippen LogP contribution < -0.4 is 5.32 Å². The smallest absolute Gasteiger partial charge is 0.270 e. The number of nitrogens with one attached hydrogen (secondary N) is 1. The maximum atomic E-state index is 12.0. The summed E-state index contributed by atoms with van der Waals surface area (Å²) in [6.45, 7) is 1.82. The number of hydrogen-bond donors (Lipinski definition) is 1. The van der Waals surface area contributed by atoms with Crippen LogP contribution in [0.5, 0.6) is 0 Å². The van der Waals surface area contributed by atoms with Gasteiger partial charge in [0.2, 0.25) is 0 Å². The Labute approximate surface area is 134 Å². The second-order valence-corrected chi connectivity index (χ2v) is 5.15. The standard InChI is InChI=1S/C18H16N2O3/c1-13(15-10-6-3-7-11-15)23-20-16(17(21)19-18(20)22)12-14-8-4-2-5-9-14/h2-13H,1H3,(H,19,21,22). The molecule has 0 radical (unpaired) electrons. The molecule has 1 atom stereocenters. The lowest BCUT2D eigenvalue weighted by molar-refractivity contribution is -0.133. The zero-order valence-corrected chi connectivity index (χ0v) is 12.6. The topological polar surface area (TPSA) is 58.6 Å². The first-order valence-corrected chi connectivity index (χ1v) is 7.29. The zero-order valence-electron chi connectivity index (χ0n) is 12.6. The molecule has 2 aromatic rings. The van der Waals surface area contributed by atoms with E-state index in [1.165, 1.54) is 0 Å². The van der Waals surface area contributed by atoms with Crippen LogP contribution in [0.1, 0.15) is 24.2 Å². The van der Waals surface area contributed by atoms with E-state index in [0.29, 0.717) is 0 Å². The highest BCUT2D eigenvalue weighted by molar-refractivity contribution is 6.13. The Kier molecular flexibility index (Phi) is 4.21. The average molecular weight is 308 g/mol. The Bertz CT molecular complexity index is 741. The molecule has 1 N–H and O–H groups in total. The van der Waals surface area contributed by atoms with Crippen LogP contribution in [0.3, 0.4) is 0 Å². The Morgan fingerprint density at radius 1 is 1.00 bits per heavy atom. The zero-order chi connectivity index (χ0) is 16.2. The molecule has 116 valence electrons. The molecule has 3 rings (SSSR count). The van der Waals surface area contributed by atoms with Crippen LogP contribution in [-0.4, -0.2) is 17.0 Å². The van der Waals surface area contributed by atoms with Gasteiger partial charge in [-0.25, -0.2) is 4.79 Å². The number of amides is 3. The van der Waals surface area contributed by atoms with Gasteiger partial charge in [-0.2, -0.15) is 5.06 Å². The van der Waals surface area contributed by atoms with Gasteiger partial charge in [0.15, 0.2) is 0 Å². The van der Waals surface area contributed by atoms with Gasteiger partial charge in [-0.3, -0.25) is 14.9 Å². The molecule has 1 aliphatic rings. The van der Waals surface area contributed by atoms with Gasteiger partial charge in [0.1, 0.15) is 11.8 Å². The van der Waals surface area contributed by atoms with E-state index < -0.39 is 11.9 Å². The number of carbonyl (C=O) groups excluding carboxylic acids is 2. The quantitative estimate of drug-likeness (QED) is 0.696. The van der Waals surface area contributed by atoms with E-state index in [1.54, 1.807) is 6.08 Å². The number of hydrogen-bond acceptors (Lipinski definition) is 3. The minimum absolute atomic E-state index is 0.170. The van der Waals surface area contributed by atoms with E-state index in [0.717, 1.165) is 16.2 Å². The highest BCUT2D eigenvalue weighted by Crippen LogP contribution is 2.24. The van der Waals surface area contributed by atoms with Gasteiger partial charge < -0.3 is 0 Å². The number of urea groups is 1. The summed E-state index contributed by atoms with van der Waals surface area (Å²) in [5.74, 6) is -0.473. The summed E-state index contributed by atoms with van der Waals surface area (Å²) in [6, 6.07) is 18.2. The molecule has 1 unspecified atom stereocenters. The number of hydroxylamine groups is 2. The normalized spacial score (nSPS) is 17.4. The first kappa shape index (κ1) is 15.0. The third-order valence-electron chi connectivity index (χ3n) is 3.49. The first-order valence-electron chi connectivity index (χ1n) is 7.29. The molecule has 1 fully saturated rings. The minimum atomic E-state index is -0.583. The molecule has 5 nitrogen and oxygen atoms in total. The summed E-state index contributed by atoms with van der Waals surface area (Å²) in [5.41, 5.74) is 1.90. The van der Waals surface area contributed by atoms with Gasteiger partial charge in [-0.05, 0) is 24.1 Å². The largest absolute Gasteiger partial charge is 0.353 e. The Hall–Kier alpha value is -2.92. The van der Waals surface area contributed by atoms with Gasteiger partial charge in [0.05, 0.1) is 0 Å². The summed E-state index contributed by atoms with van der Waals surface area (Å²) >= 11 is 0. The van der Waals surface area contributed by atoms with E-state index in [-0.39, 0.29) is 11.8 Å². The van der Waals surface area contributed by atoms with Gasteiger partial charge in [-0.1, -0.05) is 60.7 Å². The van der Waals surface area contributed by atoms with E-state index in [9.17, 15) is 9.59 Å². The van der Waals surface area contributed by atoms with Crippen molar-refractivity contribution >= 4 is 18.0 Å². The van der Waals surface area contributed by atoms with E-state index in [2.05, 4.69) is 5.32 Å². The molecule has 0 bridgehead atoms. The molecule has 0 spiro atoms. The molecule has 1 aliphatic heterocycles. The van der Waals surface area contributed by atoms with Crippen LogP contribution in [0.15, 0.2) is 66.4 Å². The molecule has 1 saturated heterocycles. The van der Waals surface area contributed by atoms with Crippen LogP contribution in [0.4, 0.5) is 4.79 Å². The Balaban J connectivity index is 1.85. The fraction of sp³-hybridized carbons (Fsp3) is 0.111. The van der Waals surface area contributed by atoms with Crippen molar-refractivity contribution in [2.45, 2.75) is 13.0 Å². The van der Waals surface area contributed by atoms with Crippen molar-refractivity contribution in [1.82, 2.24) is 10.4 Å². The number of benzene rings is 2. The summed E-state index contributed by atoms with van der Waals surface area (Å²) < 4.78 is 0. The lowest BCUT2D eigenvalue weighted by atomic mass is 10.1. The van der Waals surface area contributed by atoms with Crippen molar-refractivity contribution in [2.24, 2.45) is 0 Å². The molecule has 5 heteroatoms. The summed E-state index contributed by atoms with van der Waals surface area (Å²) in [6.07, 6.45) is 1.25. The first-order chi connectivity index (χ1) is 11.1. The third-order valence-corrected chi connectivity index (χ3v) is 3.49. The summed E-state index contributed by atoms with van der Waals surface area (Å²) in [5, 5.41) is 3.27. The van der Waals surface area contributed by atoms with Crippen LogP contribution in [-0.2, 0) is 9.63 Å². The monoisotopic (exact) mass is 308 g/mol. The molecule has 23 heavy (non-hydrogen) atoms. The highest BCUT2D eigenvalue weighted by Gasteiger charge is 2.35. The lowest BCUT2D eigenvalue weighted by Gasteiger charge is -2.20. The summed E-state index contributed by atoms with van der Waals surface area (Å²) in [4.78, 5) is 29.7.